The molecule has 1 fully saturated rings. The normalized spacial score (nSPS) is 24.2. The van der Waals surface area contributed by atoms with Crippen LogP contribution in [0.4, 0.5) is 0 Å². The zero-order valence-electron chi connectivity index (χ0n) is 20.4. The SMILES string of the molecule is CO[C@H]1O[C@H](/C=C/CBr)[C@@H](OCc2ccccc2)[C@H](OCc2ccccc2)[C@@H]1OCc1ccccc1. The van der Waals surface area contributed by atoms with Gasteiger partial charge >= 0.3 is 0 Å². The van der Waals surface area contributed by atoms with E-state index in [0.717, 1.165) is 16.7 Å². The summed E-state index contributed by atoms with van der Waals surface area (Å²) in [5.41, 5.74) is 3.23. The van der Waals surface area contributed by atoms with Crippen molar-refractivity contribution >= 4 is 15.9 Å². The molecule has 1 aliphatic rings. The minimum Gasteiger partial charge on any atom is -0.368 e. The van der Waals surface area contributed by atoms with Crippen LogP contribution in [0, 0.1) is 0 Å². The van der Waals surface area contributed by atoms with Crippen LogP contribution < -0.4 is 0 Å². The minimum atomic E-state index is -0.615. The molecule has 5 atom stereocenters. The molecule has 0 amide bonds. The smallest absolute Gasteiger partial charge is 0.186 e. The van der Waals surface area contributed by atoms with Crippen molar-refractivity contribution in [3.8, 4) is 0 Å². The standard InChI is InChI=1S/C30H33BrO5/c1-32-30-29(35-22-25-16-9-4-10-17-25)28(34-21-24-14-7-3-8-15-24)27(26(36-30)18-11-19-31)33-20-23-12-5-2-6-13-23/h2-18,26-30H,19-22H2,1H3/b18-11+/t26-,27-,28+,29+,30+/m1/s1. The molecule has 6 heteroatoms. The van der Waals surface area contributed by atoms with Crippen LogP contribution in [0.15, 0.2) is 103 Å². The Morgan fingerprint density at radius 1 is 0.667 bits per heavy atom. The average Bonchev–Trinajstić information content (AvgIpc) is 2.94. The van der Waals surface area contributed by atoms with Crippen molar-refractivity contribution in [3.05, 3.63) is 120 Å². The summed E-state index contributed by atoms with van der Waals surface area (Å²) < 4.78 is 31.6. The third-order valence-corrected chi connectivity index (χ3v) is 6.41. The third-order valence-electron chi connectivity index (χ3n) is 6.03. The minimum absolute atomic E-state index is 0.367. The summed E-state index contributed by atoms with van der Waals surface area (Å²) >= 11 is 3.47. The summed E-state index contributed by atoms with van der Waals surface area (Å²) in [4.78, 5) is 0. The first-order valence-electron chi connectivity index (χ1n) is 12.2. The second kappa shape index (κ2) is 14.4. The molecule has 0 unspecified atom stereocenters. The van der Waals surface area contributed by atoms with Crippen LogP contribution in [0.3, 0.4) is 0 Å². The van der Waals surface area contributed by atoms with Crippen molar-refractivity contribution in [2.24, 2.45) is 0 Å². The first kappa shape index (κ1) is 26.7. The van der Waals surface area contributed by atoms with Crippen LogP contribution in [0.5, 0.6) is 0 Å². The molecule has 0 aliphatic carbocycles. The summed E-state index contributed by atoms with van der Waals surface area (Å²) in [6, 6.07) is 30.3. The highest BCUT2D eigenvalue weighted by Crippen LogP contribution is 2.31. The lowest BCUT2D eigenvalue weighted by atomic mass is 9.97. The molecule has 0 aromatic heterocycles. The van der Waals surface area contributed by atoms with Crippen molar-refractivity contribution in [1.29, 1.82) is 0 Å². The van der Waals surface area contributed by atoms with E-state index >= 15 is 0 Å². The Morgan fingerprint density at radius 3 is 1.56 bits per heavy atom. The van der Waals surface area contributed by atoms with Gasteiger partial charge in [-0.05, 0) is 16.7 Å². The maximum absolute atomic E-state index is 6.56. The van der Waals surface area contributed by atoms with Crippen LogP contribution >= 0.6 is 15.9 Å². The molecule has 1 saturated heterocycles. The van der Waals surface area contributed by atoms with Gasteiger partial charge in [0.25, 0.3) is 0 Å². The molecule has 5 nitrogen and oxygen atoms in total. The van der Waals surface area contributed by atoms with E-state index in [1.165, 1.54) is 0 Å². The molecule has 0 saturated carbocycles. The van der Waals surface area contributed by atoms with Gasteiger partial charge in [0, 0.05) is 12.4 Å². The number of hydrogen-bond acceptors (Lipinski definition) is 5. The fourth-order valence-corrected chi connectivity index (χ4v) is 4.44. The molecule has 1 aliphatic heterocycles. The second-order valence-corrected chi connectivity index (χ2v) is 9.22. The van der Waals surface area contributed by atoms with Gasteiger partial charge in [-0.3, -0.25) is 0 Å². The van der Waals surface area contributed by atoms with E-state index < -0.39 is 24.6 Å². The van der Waals surface area contributed by atoms with Crippen molar-refractivity contribution in [3.63, 3.8) is 0 Å². The van der Waals surface area contributed by atoms with Crippen molar-refractivity contribution < 1.29 is 23.7 Å². The quantitative estimate of drug-likeness (QED) is 0.202. The molecule has 3 aromatic rings. The lowest BCUT2D eigenvalue weighted by Gasteiger charge is -2.45. The topological polar surface area (TPSA) is 46.2 Å². The summed E-state index contributed by atoms with van der Waals surface area (Å²) in [6.45, 7) is 1.27. The van der Waals surface area contributed by atoms with Gasteiger partial charge in [-0.2, -0.15) is 0 Å². The lowest BCUT2D eigenvalue weighted by Crippen LogP contribution is -2.60. The van der Waals surface area contributed by atoms with E-state index in [-0.39, 0.29) is 6.10 Å². The van der Waals surface area contributed by atoms with Gasteiger partial charge < -0.3 is 23.7 Å². The number of hydrogen-bond donors (Lipinski definition) is 0. The number of allylic oxidation sites excluding steroid dienone is 1. The fraction of sp³-hybridized carbons (Fsp3) is 0.333. The second-order valence-electron chi connectivity index (χ2n) is 8.57. The average molecular weight is 553 g/mol. The van der Waals surface area contributed by atoms with Gasteiger partial charge in [-0.1, -0.05) is 119 Å². The van der Waals surface area contributed by atoms with Gasteiger partial charge in [0.1, 0.15) is 24.4 Å². The van der Waals surface area contributed by atoms with Gasteiger partial charge in [0.05, 0.1) is 19.8 Å². The first-order valence-corrected chi connectivity index (χ1v) is 13.3. The van der Waals surface area contributed by atoms with Gasteiger partial charge in [-0.15, -0.1) is 0 Å². The van der Waals surface area contributed by atoms with E-state index in [1.54, 1.807) is 7.11 Å². The van der Waals surface area contributed by atoms with Crippen LogP contribution in [0.1, 0.15) is 16.7 Å². The zero-order valence-corrected chi connectivity index (χ0v) is 22.0. The molecular formula is C30H33BrO5. The van der Waals surface area contributed by atoms with E-state index in [4.69, 9.17) is 23.7 Å². The third kappa shape index (κ3) is 7.59. The van der Waals surface area contributed by atoms with Crippen molar-refractivity contribution in [1.82, 2.24) is 0 Å². The van der Waals surface area contributed by atoms with Crippen molar-refractivity contribution in [2.75, 3.05) is 12.4 Å². The number of halogens is 1. The van der Waals surface area contributed by atoms with Crippen LogP contribution in [0.25, 0.3) is 0 Å². The van der Waals surface area contributed by atoms with Crippen LogP contribution in [0.2, 0.25) is 0 Å². The summed E-state index contributed by atoms with van der Waals surface area (Å²) in [7, 11) is 1.63. The summed E-state index contributed by atoms with van der Waals surface area (Å²) in [6.07, 6.45) is 1.70. The Kier molecular flexibility index (Phi) is 10.7. The molecule has 190 valence electrons. The van der Waals surface area contributed by atoms with Crippen LogP contribution in [-0.2, 0) is 43.5 Å². The molecule has 0 spiro atoms. The predicted molar refractivity (Wildman–Crippen MR) is 144 cm³/mol. The molecule has 0 bridgehead atoms. The predicted octanol–water partition coefficient (Wildman–Crippen LogP) is 6.07. The molecule has 36 heavy (non-hydrogen) atoms. The number of rotatable bonds is 12. The summed E-state index contributed by atoms with van der Waals surface area (Å²) in [5.74, 6) is 0. The Labute approximate surface area is 222 Å². The fourth-order valence-electron chi connectivity index (χ4n) is 4.22. The summed E-state index contributed by atoms with van der Waals surface area (Å²) in [5, 5.41) is 0.708. The number of methoxy groups -OCH3 is 1. The highest BCUT2D eigenvalue weighted by atomic mass is 79.9. The zero-order chi connectivity index (χ0) is 25.0. The highest BCUT2D eigenvalue weighted by Gasteiger charge is 2.47. The molecule has 3 aromatic carbocycles. The van der Waals surface area contributed by atoms with Crippen molar-refractivity contribution in [2.45, 2.75) is 50.5 Å². The van der Waals surface area contributed by atoms with Gasteiger partial charge in [-0.25, -0.2) is 0 Å². The number of ether oxygens (including phenoxy) is 5. The molecule has 4 rings (SSSR count). The first-order chi connectivity index (χ1) is 17.8. The molecule has 0 radical (unpaired) electrons. The largest absolute Gasteiger partial charge is 0.368 e. The highest BCUT2D eigenvalue weighted by molar-refractivity contribution is 9.09. The molecular weight excluding hydrogens is 520 g/mol. The monoisotopic (exact) mass is 552 g/mol. The van der Waals surface area contributed by atoms with E-state index in [1.807, 2.05) is 91.0 Å². The molecule has 0 N–H and O–H groups in total. The van der Waals surface area contributed by atoms with Crippen LogP contribution in [-0.4, -0.2) is 43.1 Å². The number of benzene rings is 3. The van der Waals surface area contributed by atoms with E-state index in [2.05, 4.69) is 28.1 Å². The Bertz CT molecular complexity index is 1030. The maximum Gasteiger partial charge on any atom is 0.186 e. The number of alkyl halides is 1. The van der Waals surface area contributed by atoms with Gasteiger partial charge in [0.2, 0.25) is 0 Å². The van der Waals surface area contributed by atoms with E-state index in [0.29, 0.717) is 25.2 Å². The Balaban J connectivity index is 1.60. The van der Waals surface area contributed by atoms with Gasteiger partial charge in [0.15, 0.2) is 6.29 Å². The van der Waals surface area contributed by atoms with E-state index in [9.17, 15) is 0 Å². The maximum atomic E-state index is 6.56. The lowest BCUT2D eigenvalue weighted by molar-refractivity contribution is -0.309. The Hall–Kier alpha value is -2.32. The Morgan fingerprint density at radius 2 is 1.11 bits per heavy atom. The molecule has 1 heterocycles.